The molecule has 0 radical (unpaired) electrons. The van der Waals surface area contributed by atoms with Gasteiger partial charge in [-0.3, -0.25) is 10.2 Å². The third-order valence-corrected chi connectivity index (χ3v) is 6.66. The van der Waals surface area contributed by atoms with Crippen LogP contribution < -0.4 is 10.7 Å². The fourth-order valence-corrected chi connectivity index (χ4v) is 4.63. The summed E-state index contributed by atoms with van der Waals surface area (Å²) in [6.45, 7) is 4.26. The molecule has 5 rings (SSSR count). The molecule has 0 saturated carbocycles. The molecule has 38 heavy (non-hydrogen) atoms. The molecule has 0 fully saturated rings. The van der Waals surface area contributed by atoms with Crippen LogP contribution in [0.25, 0.3) is 22.3 Å². The van der Waals surface area contributed by atoms with Crippen LogP contribution in [0.3, 0.4) is 0 Å². The third kappa shape index (κ3) is 4.71. The van der Waals surface area contributed by atoms with Crippen molar-refractivity contribution in [3.05, 3.63) is 101 Å². The van der Waals surface area contributed by atoms with Gasteiger partial charge in [-0.1, -0.05) is 74.0 Å². The number of halogens is 1. The molecule has 4 aromatic carbocycles. The van der Waals surface area contributed by atoms with E-state index in [4.69, 9.17) is 11.6 Å². The Morgan fingerprint density at radius 3 is 2.34 bits per heavy atom. The minimum absolute atomic E-state index is 0.103. The summed E-state index contributed by atoms with van der Waals surface area (Å²) in [4.78, 5) is 24.3. The quantitative estimate of drug-likeness (QED) is 0.160. The van der Waals surface area contributed by atoms with Crippen LogP contribution >= 0.6 is 11.6 Å². The van der Waals surface area contributed by atoms with Crippen LogP contribution in [0.1, 0.15) is 41.3 Å². The Kier molecular flexibility index (Phi) is 6.61. The lowest BCUT2D eigenvalue weighted by atomic mass is 9.96. The number of carboxylic acid groups (broad SMARTS) is 1. The van der Waals surface area contributed by atoms with Crippen LogP contribution in [-0.2, 0) is 4.79 Å². The minimum Gasteiger partial charge on any atom is -0.505 e. The summed E-state index contributed by atoms with van der Waals surface area (Å²) >= 11 is 6.44. The molecule has 190 valence electrons. The summed E-state index contributed by atoms with van der Waals surface area (Å²) in [5.74, 6) is -1.20. The van der Waals surface area contributed by atoms with E-state index in [1.807, 2.05) is 18.2 Å². The number of hydrogen-bond acceptors (Lipinski definition) is 5. The number of anilines is 2. The first-order chi connectivity index (χ1) is 18.2. The molecule has 0 spiro atoms. The zero-order valence-electron chi connectivity index (χ0n) is 20.6. The van der Waals surface area contributed by atoms with E-state index in [1.165, 1.54) is 17.7 Å². The Balaban J connectivity index is 1.49. The van der Waals surface area contributed by atoms with Crippen LogP contribution in [0.4, 0.5) is 11.4 Å². The normalized spacial score (nSPS) is 13.5. The van der Waals surface area contributed by atoms with Gasteiger partial charge >= 0.3 is 5.97 Å². The van der Waals surface area contributed by atoms with Crippen molar-refractivity contribution < 1.29 is 19.8 Å². The maximum Gasteiger partial charge on any atom is 0.335 e. The number of benzene rings is 4. The summed E-state index contributed by atoms with van der Waals surface area (Å²) in [5, 5.41) is 27.9. The molecule has 4 aromatic rings. The van der Waals surface area contributed by atoms with Gasteiger partial charge in [-0.2, -0.15) is 5.10 Å². The Morgan fingerprint density at radius 1 is 0.921 bits per heavy atom. The molecule has 0 unspecified atom stereocenters. The van der Waals surface area contributed by atoms with E-state index in [2.05, 4.69) is 41.8 Å². The predicted octanol–water partition coefficient (Wildman–Crippen LogP) is 6.97. The highest BCUT2D eigenvalue weighted by atomic mass is 35.5. The van der Waals surface area contributed by atoms with Gasteiger partial charge in [0, 0.05) is 21.7 Å². The van der Waals surface area contributed by atoms with E-state index >= 15 is 0 Å². The van der Waals surface area contributed by atoms with E-state index in [-0.39, 0.29) is 22.7 Å². The molecule has 0 bridgehead atoms. The van der Waals surface area contributed by atoms with Gasteiger partial charge in [-0.15, -0.1) is 0 Å². The van der Waals surface area contributed by atoms with Gasteiger partial charge in [0.25, 0.3) is 5.91 Å². The molecule has 0 atom stereocenters. The smallest absolute Gasteiger partial charge is 0.335 e. The van der Waals surface area contributed by atoms with Crippen LogP contribution in [0.15, 0.2) is 84.0 Å². The lowest BCUT2D eigenvalue weighted by molar-refractivity contribution is -0.110. The van der Waals surface area contributed by atoms with Crippen molar-refractivity contribution in [2.24, 2.45) is 5.10 Å². The number of carbonyl (C=O) groups excluding carboxylic acids is 1. The maximum atomic E-state index is 12.9. The van der Waals surface area contributed by atoms with Crippen molar-refractivity contribution >= 4 is 40.6 Å². The first kappa shape index (κ1) is 25.0. The number of nitrogens with one attached hydrogen (secondary N) is 2. The molecular formula is C30H24ClN3O4. The molecule has 0 aromatic heterocycles. The van der Waals surface area contributed by atoms with Gasteiger partial charge in [0.05, 0.1) is 16.9 Å². The van der Waals surface area contributed by atoms with Gasteiger partial charge in [0.1, 0.15) is 5.75 Å². The average Bonchev–Trinajstić information content (AvgIpc) is 3.22. The summed E-state index contributed by atoms with van der Waals surface area (Å²) in [5.41, 5.74) is 8.28. The molecular weight excluding hydrogens is 502 g/mol. The monoisotopic (exact) mass is 525 g/mol. The molecule has 1 amide bonds. The van der Waals surface area contributed by atoms with Crippen LogP contribution in [-0.4, -0.2) is 27.8 Å². The predicted molar refractivity (Wildman–Crippen MR) is 150 cm³/mol. The topological polar surface area (TPSA) is 111 Å². The van der Waals surface area contributed by atoms with Gasteiger partial charge in [0.2, 0.25) is 0 Å². The number of hydrogen-bond donors (Lipinski definition) is 4. The van der Waals surface area contributed by atoms with Crippen molar-refractivity contribution in [3.8, 4) is 28.0 Å². The Labute approximate surface area is 224 Å². The average molecular weight is 526 g/mol. The van der Waals surface area contributed by atoms with E-state index in [1.54, 1.807) is 36.4 Å². The van der Waals surface area contributed by atoms with Gasteiger partial charge in [0.15, 0.2) is 5.71 Å². The van der Waals surface area contributed by atoms with Crippen LogP contribution in [0.5, 0.6) is 5.75 Å². The highest BCUT2D eigenvalue weighted by molar-refractivity contribution is 6.55. The SMILES string of the molecule is CC(C)c1ccc(-c2cc(Cl)cc3c2NC(=O)C3=NNc2cccc(-c3cccc(C(=O)O)c3)c2O)cc1. The standard InChI is InChI=1S/C30H24ClN3O4/c1-16(2)17-9-11-18(12-10-17)23-14-21(31)15-24-26(23)32-29(36)27(24)34-33-25-8-4-7-22(28(25)35)19-5-3-6-20(13-19)30(37)38/h3-16,33,35H,1-2H3,(H,37,38)(H,32,34,36). The number of aromatic carboxylic acids is 1. The van der Waals surface area contributed by atoms with Crippen LogP contribution in [0, 0.1) is 0 Å². The first-order valence-electron chi connectivity index (χ1n) is 12.0. The number of phenols is 1. The number of phenolic OH excluding ortho intramolecular Hbond substituents is 1. The number of hydrazone groups is 1. The molecule has 1 aliphatic rings. The summed E-state index contributed by atoms with van der Waals surface area (Å²) in [6.07, 6.45) is 0. The fraction of sp³-hybridized carbons (Fsp3) is 0.100. The lowest BCUT2D eigenvalue weighted by Crippen LogP contribution is -2.16. The zero-order chi connectivity index (χ0) is 27.0. The van der Waals surface area contributed by atoms with Gasteiger partial charge < -0.3 is 15.5 Å². The van der Waals surface area contributed by atoms with E-state index in [0.29, 0.717) is 33.3 Å². The fourth-order valence-electron chi connectivity index (χ4n) is 4.41. The van der Waals surface area contributed by atoms with E-state index in [9.17, 15) is 19.8 Å². The van der Waals surface area contributed by atoms with Crippen molar-refractivity contribution in [2.45, 2.75) is 19.8 Å². The maximum absolute atomic E-state index is 12.9. The van der Waals surface area contributed by atoms with E-state index in [0.717, 1.165) is 11.1 Å². The number of nitrogens with zero attached hydrogens (tertiary/aromatic N) is 1. The molecule has 7 nitrogen and oxygen atoms in total. The van der Waals surface area contributed by atoms with Gasteiger partial charge in [-0.25, -0.2) is 4.79 Å². The van der Waals surface area contributed by atoms with Crippen molar-refractivity contribution in [1.82, 2.24) is 0 Å². The summed E-state index contributed by atoms with van der Waals surface area (Å²) in [6, 6.07) is 22.8. The largest absolute Gasteiger partial charge is 0.505 e. The number of carbonyl (C=O) groups is 2. The number of para-hydroxylation sites is 1. The Morgan fingerprint density at radius 2 is 1.63 bits per heavy atom. The number of carboxylic acids is 1. The lowest BCUT2D eigenvalue weighted by Gasteiger charge is -2.11. The number of aromatic hydroxyl groups is 1. The number of fused-ring (bicyclic) bond motifs is 1. The highest BCUT2D eigenvalue weighted by Gasteiger charge is 2.30. The zero-order valence-corrected chi connectivity index (χ0v) is 21.4. The Hall–Kier alpha value is -4.62. The second kappa shape index (κ2) is 10.0. The molecule has 8 heteroatoms. The molecule has 1 heterocycles. The van der Waals surface area contributed by atoms with Crippen LogP contribution in [0.2, 0.25) is 5.02 Å². The second-order valence-corrected chi connectivity index (χ2v) is 9.70. The minimum atomic E-state index is -1.06. The van der Waals surface area contributed by atoms with E-state index < -0.39 is 11.9 Å². The van der Waals surface area contributed by atoms with Crippen molar-refractivity contribution in [3.63, 3.8) is 0 Å². The number of amides is 1. The first-order valence-corrected chi connectivity index (χ1v) is 12.4. The Bertz CT molecular complexity index is 1610. The molecule has 1 aliphatic heterocycles. The van der Waals surface area contributed by atoms with Crippen molar-refractivity contribution in [2.75, 3.05) is 10.7 Å². The molecule has 0 aliphatic carbocycles. The second-order valence-electron chi connectivity index (χ2n) is 9.27. The third-order valence-electron chi connectivity index (χ3n) is 6.44. The van der Waals surface area contributed by atoms with Crippen molar-refractivity contribution in [1.29, 1.82) is 0 Å². The summed E-state index contributed by atoms with van der Waals surface area (Å²) in [7, 11) is 0. The molecule has 0 saturated heterocycles. The molecule has 4 N–H and O–H groups in total. The highest BCUT2D eigenvalue weighted by Crippen LogP contribution is 2.39. The summed E-state index contributed by atoms with van der Waals surface area (Å²) < 4.78 is 0. The van der Waals surface area contributed by atoms with Gasteiger partial charge in [-0.05, 0) is 52.9 Å². The number of rotatable bonds is 6.